The molecule has 0 atom stereocenters. The van der Waals surface area contributed by atoms with Crippen molar-refractivity contribution in [2.24, 2.45) is 0 Å². The van der Waals surface area contributed by atoms with E-state index in [-0.39, 0.29) is 0 Å². The van der Waals surface area contributed by atoms with E-state index in [0.29, 0.717) is 0 Å². The van der Waals surface area contributed by atoms with Gasteiger partial charge >= 0.3 is 8.32 Å². The second kappa shape index (κ2) is 8.61. The quantitative estimate of drug-likeness (QED) is 0.561. The van der Waals surface area contributed by atoms with Crippen molar-refractivity contribution in [2.45, 2.75) is 40.0 Å². The highest BCUT2D eigenvalue weighted by Crippen LogP contribution is 2.07. The van der Waals surface area contributed by atoms with Gasteiger partial charge in [0.15, 0.2) is 0 Å². The van der Waals surface area contributed by atoms with E-state index < -0.39 is 8.32 Å². The smallest absolute Gasteiger partial charge is 0.377 e. The highest BCUT2D eigenvalue weighted by atomic mass is 29.2. The van der Waals surface area contributed by atoms with Crippen LogP contribution in [0.1, 0.15) is 40.0 Å². The lowest BCUT2D eigenvalue weighted by atomic mass is 10.5. The summed E-state index contributed by atoms with van der Waals surface area (Å²) in [5.41, 5.74) is 0. The zero-order valence-corrected chi connectivity index (χ0v) is 13.0. The van der Waals surface area contributed by atoms with Crippen LogP contribution in [0, 0.1) is 0 Å². The third kappa shape index (κ3) is 6.72. The lowest BCUT2D eigenvalue weighted by Crippen LogP contribution is -2.47. The number of hydrogen-bond donors (Lipinski definition) is 0. The molecule has 86 valence electrons. The molecule has 3 nitrogen and oxygen atoms in total. The topological polar surface area (TPSA) is 27.7 Å². The third-order valence-corrected chi connectivity index (χ3v) is 6.49. The summed E-state index contributed by atoms with van der Waals surface area (Å²) in [6.45, 7) is 8.62. The Morgan fingerprint density at radius 3 is 1.29 bits per heavy atom. The van der Waals surface area contributed by atoms with Crippen LogP contribution in [-0.4, -0.2) is 37.9 Å². The van der Waals surface area contributed by atoms with Gasteiger partial charge in [-0.05, 0) is 19.3 Å². The summed E-state index contributed by atoms with van der Waals surface area (Å²) >= 11 is 0. The van der Waals surface area contributed by atoms with E-state index in [4.69, 9.17) is 13.3 Å². The molecule has 0 aromatic heterocycles. The molecule has 5 heteroatoms. The summed E-state index contributed by atoms with van der Waals surface area (Å²) in [5, 5.41) is 0. The van der Waals surface area contributed by atoms with Crippen molar-refractivity contribution in [1.82, 2.24) is 0 Å². The first kappa shape index (κ1) is 14.3. The predicted octanol–water partition coefficient (Wildman–Crippen LogP) is 1.07. The minimum atomic E-state index is -2.17. The Bertz CT molecular complexity index is 111. The van der Waals surface area contributed by atoms with Crippen LogP contribution >= 0.6 is 0 Å². The highest BCUT2D eigenvalue weighted by molar-refractivity contribution is 7.05. The Morgan fingerprint density at radius 2 is 1.07 bits per heavy atom. The van der Waals surface area contributed by atoms with Crippen LogP contribution < -0.4 is 0 Å². The molecule has 0 aromatic carbocycles. The zero-order chi connectivity index (χ0) is 10.9. The predicted molar refractivity (Wildman–Crippen MR) is 64.4 cm³/mol. The normalized spacial score (nSPS) is 12.2. The molecular weight excluding hydrogens is 212 g/mol. The summed E-state index contributed by atoms with van der Waals surface area (Å²) in [5.74, 6) is 0. The van der Waals surface area contributed by atoms with E-state index >= 15 is 0 Å². The van der Waals surface area contributed by atoms with Gasteiger partial charge in [0, 0.05) is 19.8 Å². The SMILES string of the molecule is CCCO[Si]([SiH3])(OCCC)OCCC. The van der Waals surface area contributed by atoms with Gasteiger partial charge in [-0.1, -0.05) is 20.8 Å². The van der Waals surface area contributed by atoms with Crippen molar-refractivity contribution < 1.29 is 13.3 Å². The van der Waals surface area contributed by atoms with Crippen LogP contribution in [-0.2, 0) is 13.3 Å². The lowest BCUT2D eigenvalue weighted by molar-refractivity contribution is 0.0810. The molecule has 0 heterocycles. The minimum absolute atomic E-state index is 0.767. The van der Waals surface area contributed by atoms with Crippen molar-refractivity contribution >= 4 is 18.1 Å². The van der Waals surface area contributed by atoms with E-state index in [1.165, 1.54) is 0 Å². The average molecular weight is 236 g/mol. The van der Waals surface area contributed by atoms with Gasteiger partial charge in [-0.25, -0.2) is 0 Å². The van der Waals surface area contributed by atoms with Crippen LogP contribution in [0.5, 0.6) is 0 Å². The summed E-state index contributed by atoms with van der Waals surface area (Å²) in [4.78, 5) is 0. The van der Waals surface area contributed by atoms with E-state index in [1.54, 1.807) is 0 Å². The Kier molecular flexibility index (Phi) is 8.80. The third-order valence-electron chi connectivity index (χ3n) is 1.71. The minimum Gasteiger partial charge on any atom is -0.377 e. The Balaban J connectivity index is 3.89. The van der Waals surface area contributed by atoms with Crippen molar-refractivity contribution in [3.05, 3.63) is 0 Å². The van der Waals surface area contributed by atoms with Gasteiger partial charge in [0.2, 0.25) is 0 Å². The van der Waals surface area contributed by atoms with Gasteiger partial charge in [0.05, 0.1) is 0 Å². The van der Waals surface area contributed by atoms with Crippen LogP contribution in [0.3, 0.4) is 0 Å². The number of rotatable bonds is 9. The molecule has 0 aliphatic carbocycles. The molecule has 0 aromatic rings. The van der Waals surface area contributed by atoms with Gasteiger partial charge in [-0.15, -0.1) is 0 Å². The van der Waals surface area contributed by atoms with Crippen LogP contribution in [0.15, 0.2) is 0 Å². The Labute approximate surface area is 91.7 Å². The first-order valence-electron chi connectivity index (χ1n) is 5.60. The molecule has 0 bridgehead atoms. The van der Waals surface area contributed by atoms with Gasteiger partial charge < -0.3 is 13.3 Å². The first-order chi connectivity index (χ1) is 6.68. The Hall–Kier alpha value is 0.314. The molecule has 0 aliphatic heterocycles. The average Bonchev–Trinajstić information content (AvgIpc) is 2.21. The maximum absolute atomic E-state index is 5.74. The molecule has 0 N–H and O–H groups in total. The van der Waals surface area contributed by atoms with E-state index in [2.05, 4.69) is 20.8 Å². The summed E-state index contributed by atoms with van der Waals surface area (Å²) in [6, 6.07) is 0. The van der Waals surface area contributed by atoms with E-state index in [1.807, 2.05) is 0 Å². The number of hydrogen-bond acceptors (Lipinski definition) is 3. The van der Waals surface area contributed by atoms with Gasteiger partial charge in [-0.2, -0.15) is 0 Å². The van der Waals surface area contributed by atoms with E-state index in [0.717, 1.165) is 48.8 Å². The summed E-state index contributed by atoms with van der Waals surface area (Å²) < 4.78 is 17.2. The largest absolute Gasteiger partial charge is 0.457 e. The fourth-order valence-electron chi connectivity index (χ4n) is 0.987. The zero-order valence-electron chi connectivity index (χ0n) is 9.97. The summed E-state index contributed by atoms with van der Waals surface area (Å²) in [7, 11) is -1.29. The molecule has 0 saturated heterocycles. The van der Waals surface area contributed by atoms with Crippen molar-refractivity contribution in [3.63, 3.8) is 0 Å². The molecule has 0 spiro atoms. The molecule has 0 aliphatic rings. The van der Waals surface area contributed by atoms with Crippen LogP contribution in [0.25, 0.3) is 0 Å². The Morgan fingerprint density at radius 1 is 0.786 bits per heavy atom. The molecule has 0 unspecified atom stereocenters. The second-order valence-corrected chi connectivity index (χ2v) is 9.67. The second-order valence-electron chi connectivity index (χ2n) is 3.41. The van der Waals surface area contributed by atoms with E-state index in [9.17, 15) is 0 Å². The van der Waals surface area contributed by atoms with Crippen molar-refractivity contribution in [3.8, 4) is 0 Å². The van der Waals surface area contributed by atoms with Gasteiger partial charge in [-0.3, -0.25) is 0 Å². The fraction of sp³-hybridized carbons (Fsp3) is 1.00. The molecular formula is C9H24O3Si2. The van der Waals surface area contributed by atoms with Crippen molar-refractivity contribution in [1.29, 1.82) is 0 Å². The molecule has 0 rings (SSSR count). The first-order valence-corrected chi connectivity index (χ1v) is 10.8. The maximum atomic E-state index is 5.74. The highest BCUT2D eigenvalue weighted by Gasteiger charge is 2.32. The van der Waals surface area contributed by atoms with Gasteiger partial charge in [0.25, 0.3) is 0 Å². The monoisotopic (exact) mass is 236 g/mol. The van der Waals surface area contributed by atoms with Crippen LogP contribution in [0.2, 0.25) is 0 Å². The maximum Gasteiger partial charge on any atom is 0.457 e. The summed E-state index contributed by atoms with van der Waals surface area (Å²) in [6.07, 6.45) is 3.09. The molecule has 14 heavy (non-hydrogen) atoms. The molecule has 0 radical (unpaired) electrons. The van der Waals surface area contributed by atoms with Crippen molar-refractivity contribution in [2.75, 3.05) is 19.8 Å². The van der Waals surface area contributed by atoms with Crippen LogP contribution in [0.4, 0.5) is 0 Å². The molecule has 0 amide bonds. The molecule has 0 fully saturated rings. The molecule has 0 saturated carbocycles. The standard InChI is InChI=1S/C9H24O3Si2/c1-4-7-10-14(13,11-8-5-2)12-9-6-3/h4-9H2,1-3,13H3. The lowest BCUT2D eigenvalue weighted by Gasteiger charge is -2.26. The fourth-order valence-corrected chi connectivity index (χ4v) is 4.80. The van der Waals surface area contributed by atoms with Gasteiger partial charge in [0.1, 0.15) is 9.76 Å².